The summed E-state index contributed by atoms with van der Waals surface area (Å²) < 4.78 is 5.37. The van der Waals surface area contributed by atoms with E-state index in [1.54, 1.807) is 40.0 Å². The van der Waals surface area contributed by atoms with Crippen LogP contribution in [0.1, 0.15) is 46.2 Å². The van der Waals surface area contributed by atoms with Gasteiger partial charge in [-0.05, 0) is 55.8 Å². The fourth-order valence-electron chi connectivity index (χ4n) is 4.05. The third-order valence-electron chi connectivity index (χ3n) is 5.80. The summed E-state index contributed by atoms with van der Waals surface area (Å²) >= 11 is 0. The number of benzene rings is 2. The lowest BCUT2D eigenvalue weighted by Crippen LogP contribution is -2.33. The Labute approximate surface area is 190 Å². The molecular weight excluding hydrogens is 404 g/mol. The minimum atomic E-state index is -0.761. The van der Waals surface area contributed by atoms with E-state index in [1.807, 2.05) is 36.4 Å². The molecule has 1 unspecified atom stereocenters. The topological polar surface area (TPSA) is 70.1 Å². The molecule has 6 nitrogen and oxygen atoms in total. The first kappa shape index (κ1) is 23.4. The molecule has 0 aromatic heterocycles. The second-order valence-corrected chi connectivity index (χ2v) is 8.88. The Morgan fingerprint density at radius 1 is 1.09 bits per heavy atom. The number of Topliss-reactive ketones (excluding diaryl/α,β-unsaturated/α-hetero) is 1. The first-order chi connectivity index (χ1) is 15.1. The number of anilines is 2. The van der Waals surface area contributed by atoms with Gasteiger partial charge in [-0.15, -0.1) is 0 Å². The Morgan fingerprint density at radius 3 is 2.25 bits per heavy atom. The molecule has 1 heterocycles. The summed E-state index contributed by atoms with van der Waals surface area (Å²) in [6.07, 6.45) is 0. The van der Waals surface area contributed by atoms with Gasteiger partial charge in [0.15, 0.2) is 11.5 Å². The fourth-order valence-corrected chi connectivity index (χ4v) is 4.05. The molecule has 0 fully saturated rings. The number of amides is 1. The molecular formula is C26H32N2O4. The first-order valence-electron chi connectivity index (χ1n) is 10.9. The lowest BCUT2D eigenvalue weighted by atomic mass is 9.82. The average Bonchev–Trinajstić information content (AvgIpc) is 3.04. The maximum Gasteiger partial charge on any atom is 0.294 e. The van der Waals surface area contributed by atoms with Crippen LogP contribution in [0.15, 0.2) is 59.9 Å². The van der Waals surface area contributed by atoms with Crippen LogP contribution in [-0.4, -0.2) is 37.0 Å². The van der Waals surface area contributed by atoms with Crippen LogP contribution < -0.4 is 14.5 Å². The number of methoxy groups -OCH3 is 1. The highest BCUT2D eigenvalue weighted by Gasteiger charge is 2.46. The van der Waals surface area contributed by atoms with Crippen molar-refractivity contribution in [1.29, 1.82) is 0 Å². The normalized spacial score (nSPS) is 16.5. The quantitative estimate of drug-likeness (QED) is 0.657. The predicted molar refractivity (Wildman–Crippen MR) is 127 cm³/mol. The molecule has 0 bridgehead atoms. The van der Waals surface area contributed by atoms with Crippen molar-refractivity contribution in [2.75, 3.05) is 30.0 Å². The molecule has 6 heteroatoms. The van der Waals surface area contributed by atoms with Crippen LogP contribution in [0.25, 0.3) is 0 Å². The van der Waals surface area contributed by atoms with Crippen molar-refractivity contribution in [2.45, 2.75) is 40.7 Å². The van der Waals surface area contributed by atoms with Gasteiger partial charge in [0.05, 0.1) is 18.7 Å². The van der Waals surface area contributed by atoms with Crippen molar-refractivity contribution in [1.82, 2.24) is 0 Å². The Kier molecular flexibility index (Phi) is 6.63. The minimum Gasteiger partial charge on any atom is -0.503 e. The minimum absolute atomic E-state index is 0.114. The number of rotatable bonds is 7. The second kappa shape index (κ2) is 9.07. The number of hydrogen-bond donors (Lipinski definition) is 1. The van der Waals surface area contributed by atoms with Gasteiger partial charge in [-0.2, -0.15) is 0 Å². The number of nitrogens with zero attached hydrogens (tertiary/aromatic N) is 2. The highest BCUT2D eigenvalue weighted by molar-refractivity contribution is 6.17. The van der Waals surface area contributed by atoms with Crippen molar-refractivity contribution in [3.63, 3.8) is 0 Å². The Bertz CT molecular complexity index is 1030. The lowest BCUT2D eigenvalue weighted by molar-refractivity contribution is -0.123. The number of carbonyl (C=O) groups excluding carboxylic acids is 2. The zero-order valence-electron chi connectivity index (χ0n) is 19.7. The standard InChI is InChI=1S/C26H32N2O4/c1-7-27(8-2)18-12-14-19(15-13-18)28-22(17-10-9-11-20(16-17)32-6)21(23(29)25(28)31)24(30)26(3,4)5/h9-16,22,29H,7-8H2,1-6H3. The molecule has 1 aliphatic rings. The summed E-state index contributed by atoms with van der Waals surface area (Å²) in [6.45, 7) is 11.3. The largest absolute Gasteiger partial charge is 0.503 e. The van der Waals surface area contributed by atoms with E-state index in [0.29, 0.717) is 17.0 Å². The van der Waals surface area contributed by atoms with E-state index < -0.39 is 23.1 Å². The summed E-state index contributed by atoms with van der Waals surface area (Å²) in [5.41, 5.74) is 1.71. The van der Waals surface area contributed by atoms with Crippen LogP contribution in [-0.2, 0) is 9.59 Å². The van der Waals surface area contributed by atoms with Crippen molar-refractivity contribution >= 4 is 23.1 Å². The SMILES string of the molecule is CCN(CC)c1ccc(N2C(=O)C(O)=C(C(=O)C(C)(C)C)C2c2cccc(OC)c2)cc1. The summed E-state index contributed by atoms with van der Waals surface area (Å²) in [6, 6.07) is 14.1. The highest BCUT2D eigenvalue weighted by atomic mass is 16.5. The Hall–Kier alpha value is -3.28. The second-order valence-electron chi connectivity index (χ2n) is 8.88. The molecule has 32 heavy (non-hydrogen) atoms. The monoisotopic (exact) mass is 436 g/mol. The van der Waals surface area contributed by atoms with Crippen LogP contribution in [0.4, 0.5) is 11.4 Å². The van der Waals surface area contributed by atoms with Crippen LogP contribution in [0.3, 0.4) is 0 Å². The summed E-state index contributed by atoms with van der Waals surface area (Å²) in [4.78, 5) is 30.3. The number of aliphatic hydroxyl groups excluding tert-OH is 1. The highest BCUT2D eigenvalue weighted by Crippen LogP contribution is 2.44. The van der Waals surface area contributed by atoms with E-state index in [-0.39, 0.29) is 11.4 Å². The van der Waals surface area contributed by atoms with Crippen LogP contribution >= 0.6 is 0 Å². The van der Waals surface area contributed by atoms with Gasteiger partial charge in [0.25, 0.3) is 5.91 Å². The zero-order chi connectivity index (χ0) is 23.6. The number of carbonyl (C=O) groups is 2. The van der Waals surface area contributed by atoms with Crippen molar-refractivity contribution in [3.05, 3.63) is 65.4 Å². The molecule has 1 aliphatic heterocycles. The van der Waals surface area contributed by atoms with Gasteiger partial charge < -0.3 is 14.7 Å². The zero-order valence-corrected chi connectivity index (χ0v) is 19.7. The van der Waals surface area contributed by atoms with Gasteiger partial charge in [0.1, 0.15) is 5.75 Å². The van der Waals surface area contributed by atoms with E-state index >= 15 is 0 Å². The van der Waals surface area contributed by atoms with Gasteiger partial charge in [-0.3, -0.25) is 14.5 Å². The van der Waals surface area contributed by atoms with E-state index in [9.17, 15) is 14.7 Å². The van der Waals surface area contributed by atoms with Crippen LogP contribution in [0, 0.1) is 5.41 Å². The van der Waals surface area contributed by atoms with Crippen molar-refractivity contribution in [3.8, 4) is 5.75 Å². The summed E-state index contributed by atoms with van der Waals surface area (Å²) in [7, 11) is 1.57. The molecule has 170 valence electrons. The van der Waals surface area contributed by atoms with Crippen molar-refractivity contribution < 1.29 is 19.4 Å². The summed E-state index contributed by atoms with van der Waals surface area (Å²) in [5, 5.41) is 10.8. The molecule has 0 aliphatic carbocycles. The number of hydrogen-bond acceptors (Lipinski definition) is 5. The van der Waals surface area contributed by atoms with Crippen molar-refractivity contribution in [2.24, 2.45) is 5.41 Å². The van der Waals surface area contributed by atoms with E-state index in [4.69, 9.17) is 4.74 Å². The maximum atomic E-state index is 13.3. The lowest BCUT2D eigenvalue weighted by Gasteiger charge is -2.29. The molecule has 3 rings (SSSR count). The third kappa shape index (κ3) is 4.22. The molecule has 1 N–H and O–H groups in total. The molecule has 0 radical (unpaired) electrons. The molecule has 1 atom stereocenters. The molecule has 0 spiro atoms. The van der Waals surface area contributed by atoms with E-state index in [2.05, 4.69) is 18.7 Å². The third-order valence-corrected chi connectivity index (χ3v) is 5.80. The molecule has 2 aromatic rings. The van der Waals surface area contributed by atoms with Crippen LogP contribution in [0.2, 0.25) is 0 Å². The first-order valence-corrected chi connectivity index (χ1v) is 10.9. The number of ether oxygens (including phenoxy) is 1. The number of aliphatic hydroxyl groups is 1. The average molecular weight is 437 g/mol. The maximum absolute atomic E-state index is 13.3. The Balaban J connectivity index is 2.14. The smallest absolute Gasteiger partial charge is 0.294 e. The molecule has 2 aromatic carbocycles. The van der Waals surface area contributed by atoms with Gasteiger partial charge in [0.2, 0.25) is 0 Å². The van der Waals surface area contributed by atoms with Gasteiger partial charge in [0, 0.05) is 29.9 Å². The van der Waals surface area contributed by atoms with Gasteiger partial charge in [-0.1, -0.05) is 32.9 Å². The molecule has 0 saturated heterocycles. The van der Waals surface area contributed by atoms with Gasteiger partial charge >= 0.3 is 0 Å². The Morgan fingerprint density at radius 2 is 1.72 bits per heavy atom. The molecule has 1 amide bonds. The number of ketones is 1. The fraction of sp³-hybridized carbons (Fsp3) is 0.385. The van der Waals surface area contributed by atoms with E-state index in [0.717, 1.165) is 18.8 Å². The van der Waals surface area contributed by atoms with E-state index in [1.165, 1.54) is 4.90 Å². The molecule has 0 saturated carbocycles. The van der Waals surface area contributed by atoms with Crippen LogP contribution in [0.5, 0.6) is 5.75 Å². The predicted octanol–water partition coefficient (Wildman–Crippen LogP) is 5.06. The van der Waals surface area contributed by atoms with Gasteiger partial charge in [-0.25, -0.2) is 0 Å². The summed E-state index contributed by atoms with van der Waals surface area (Å²) in [5.74, 6) is -0.731.